The largest absolute Gasteiger partial charge is 0.129 e. The average molecular weight is 259 g/mol. The minimum atomic E-state index is 1.11. The maximum atomic E-state index is 3.24. The van der Waals surface area contributed by atoms with Gasteiger partial charge < -0.3 is 0 Å². The monoisotopic (exact) mass is 259 g/mol. The standard InChI is InChI=1S/C15H15S2/c1-16-15-10-6-5-7-13(15)11-12-17-14-8-3-2-4-9-14/h2-8,10H,11-12H2,1H3. The van der Waals surface area contributed by atoms with Gasteiger partial charge in [-0.05, 0) is 36.4 Å². The second-order valence-corrected chi connectivity index (χ2v) is 5.62. The first-order chi connectivity index (χ1) is 8.40. The zero-order chi connectivity index (χ0) is 11.9. The summed E-state index contributed by atoms with van der Waals surface area (Å²) in [5, 5.41) is 0. The molecule has 0 nitrogen and oxygen atoms in total. The second-order valence-electron chi connectivity index (χ2n) is 3.64. The lowest BCUT2D eigenvalue weighted by atomic mass is 10.2. The molecule has 0 heterocycles. The van der Waals surface area contributed by atoms with Crippen LogP contribution in [0.5, 0.6) is 0 Å². The molecule has 0 amide bonds. The maximum absolute atomic E-state index is 3.24. The van der Waals surface area contributed by atoms with Gasteiger partial charge in [-0.3, -0.25) is 0 Å². The lowest BCUT2D eigenvalue weighted by Gasteiger charge is -2.06. The highest BCUT2D eigenvalue weighted by Crippen LogP contribution is 2.23. The fraction of sp³-hybridized carbons (Fsp3) is 0.200. The van der Waals surface area contributed by atoms with Gasteiger partial charge in [0.05, 0.1) is 0 Å². The van der Waals surface area contributed by atoms with E-state index in [1.165, 1.54) is 15.4 Å². The number of rotatable bonds is 5. The SMILES string of the molecule is CSc1ccccc1CCSc1[c]cccc1. The molecule has 0 aliphatic carbocycles. The van der Waals surface area contributed by atoms with Gasteiger partial charge in [0, 0.05) is 15.5 Å². The highest BCUT2D eigenvalue weighted by molar-refractivity contribution is 7.99. The Labute approximate surface area is 112 Å². The Hall–Kier alpha value is -0.860. The van der Waals surface area contributed by atoms with Crippen molar-refractivity contribution in [3.63, 3.8) is 0 Å². The molecule has 0 N–H and O–H groups in total. The lowest BCUT2D eigenvalue weighted by molar-refractivity contribution is 1.10. The molecule has 0 atom stereocenters. The number of hydrogen-bond donors (Lipinski definition) is 0. The summed E-state index contributed by atoms with van der Waals surface area (Å²) in [6.45, 7) is 0. The van der Waals surface area contributed by atoms with E-state index in [0.717, 1.165) is 12.2 Å². The van der Waals surface area contributed by atoms with Crippen LogP contribution < -0.4 is 0 Å². The summed E-state index contributed by atoms with van der Waals surface area (Å²) in [5.74, 6) is 1.11. The van der Waals surface area contributed by atoms with Gasteiger partial charge >= 0.3 is 0 Å². The summed E-state index contributed by atoms with van der Waals surface area (Å²) < 4.78 is 0. The van der Waals surface area contributed by atoms with Gasteiger partial charge in [0.15, 0.2) is 0 Å². The van der Waals surface area contributed by atoms with E-state index in [-0.39, 0.29) is 0 Å². The number of hydrogen-bond acceptors (Lipinski definition) is 2. The molecule has 2 aromatic rings. The van der Waals surface area contributed by atoms with E-state index in [1.54, 1.807) is 0 Å². The molecule has 17 heavy (non-hydrogen) atoms. The van der Waals surface area contributed by atoms with Crippen molar-refractivity contribution < 1.29 is 0 Å². The summed E-state index contributed by atoms with van der Waals surface area (Å²) in [6.07, 6.45) is 3.25. The van der Waals surface area contributed by atoms with Gasteiger partial charge in [-0.15, -0.1) is 23.5 Å². The molecule has 0 saturated heterocycles. The third kappa shape index (κ3) is 3.83. The predicted octanol–water partition coefficient (Wildman–Crippen LogP) is 4.54. The van der Waals surface area contributed by atoms with Crippen molar-refractivity contribution in [2.24, 2.45) is 0 Å². The molecule has 0 saturated carbocycles. The Morgan fingerprint density at radius 3 is 2.65 bits per heavy atom. The summed E-state index contributed by atoms with van der Waals surface area (Å²) in [4.78, 5) is 2.62. The molecule has 0 bridgehead atoms. The molecule has 0 spiro atoms. The molecule has 0 fully saturated rings. The topological polar surface area (TPSA) is 0 Å². The van der Waals surface area contributed by atoms with Crippen molar-refractivity contribution in [1.82, 2.24) is 0 Å². The van der Waals surface area contributed by atoms with Gasteiger partial charge in [-0.1, -0.05) is 36.4 Å². The van der Waals surface area contributed by atoms with Crippen molar-refractivity contribution in [3.05, 3.63) is 60.2 Å². The van der Waals surface area contributed by atoms with E-state index in [9.17, 15) is 0 Å². The van der Waals surface area contributed by atoms with E-state index in [0.29, 0.717) is 0 Å². The first-order valence-electron chi connectivity index (χ1n) is 5.61. The van der Waals surface area contributed by atoms with Crippen LogP contribution in [0.1, 0.15) is 5.56 Å². The first-order valence-corrected chi connectivity index (χ1v) is 7.82. The highest BCUT2D eigenvalue weighted by atomic mass is 32.2. The van der Waals surface area contributed by atoms with Gasteiger partial charge in [-0.25, -0.2) is 0 Å². The van der Waals surface area contributed by atoms with E-state index < -0.39 is 0 Å². The summed E-state index contributed by atoms with van der Waals surface area (Å²) >= 11 is 3.69. The summed E-state index contributed by atoms with van der Waals surface area (Å²) in [6, 6.07) is 20.0. The minimum Gasteiger partial charge on any atom is -0.129 e. The predicted molar refractivity (Wildman–Crippen MR) is 77.9 cm³/mol. The van der Waals surface area contributed by atoms with Crippen LogP contribution in [0.25, 0.3) is 0 Å². The van der Waals surface area contributed by atoms with Gasteiger partial charge in [-0.2, -0.15) is 0 Å². The maximum Gasteiger partial charge on any atom is 0.0151 e. The van der Waals surface area contributed by atoms with Crippen molar-refractivity contribution in [1.29, 1.82) is 0 Å². The quantitative estimate of drug-likeness (QED) is 0.723. The van der Waals surface area contributed by atoms with Crippen LogP contribution in [0.3, 0.4) is 0 Å². The Morgan fingerprint density at radius 1 is 1.06 bits per heavy atom. The van der Waals surface area contributed by atoms with E-state index >= 15 is 0 Å². The van der Waals surface area contributed by atoms with E-state index in [2.05, 4.69) is 48.7 Å². The van der Waals surface area contributed by atoms with Crippen LogP contribution in [0.15, 0.2) is 58.3 Å². The van der Waals surface area contributed by atoms with Crippen LogP contribution in [0, 0.1) is 6.07 Å². The van der Waals surface area contributed by atoms with Crippen molar-refractivity contribution in [3.8, 4) is 0 Å². The second kappa shape index (κ2) is 6.77. The first kappa shape index (κ1) is 12.6. The number of aryl methyl sites for hydroxylation is 1. The third-order valence-corrected chi connectivity index (χ3v) is 4.31. The Kier molecular flexibility index (Phi) is 5.02. The lowest BCUT2D eigenvalue weighted by Crippen LogP contribution is -1.91. The van der Waals surface area contributed by atoms with Crippen LogP contribution in [-0.2, 0) is 6.42 Å². The molecular weight excluding hydrogens is 244 g/mol. The molecule has 87 valence electrons. The Morgan fingerprint density at radius 2 is 1.88 bits per heavy atom. The van der Waals surface area contributed by atoms with Crippen LogP contribution in [0.4, 0.5) is 0 Å². The van der Waals surface area contributed by atoms with Crippen LogP contribution in [-0.4, -0.2) is 12.0 Å². The van der Waals surface area contributed by atoms with Gasteiger partial charge in [0.2, 0.25) is 0 Å². The fourth-order valence-corrected chi connectivity index (χ4v) is 3.16. The summed E-state index contributed by atoms with van der Waals surface area (Å²) in [5.41, 5.74) is 1.45. The molecule has 2 rings (SSSR count). The van der Waals surface area contributed by atoms with Crippen LogP contribution in [0.2, 0.25) is 0 Å². The molecule has 1 radical (unpaired) electrons. The zero-order valence-corrected chi connectivity index (χ0v) is 11.5. The molecule has 0 unspecified atom stereocenters. The van der Waals surface area contributed by atoms with E-state index in [4.69, 9.17) is 0 Å². The minimum absolute atomic E-state index is 1.11. The van der Waals surface area contributed by atoms with Crippen molar-refractivity contribution >= 4 is 23.5 Å². The van der Waals surface area contributed by atoms with Gasteiger partial charge in [0.1, 0.15) is 0 Å². The third-order valence-electron chi connectivity index (χ3n) is 2.50. The molecule has 2 aromatic carbocycles. The van der Waals surface area contributed by atoms with E-state index in [1.807, 2.05) is 35.7 Å². The zero-order valence-electron chi connectivity index (χ0n) is 9.85. The Balaban J connectivity index is 1.90. The van der Waals surface area contributed by atoms with Crippen molar-refractivity contribution in [2.75, 3.05) is 12.0 Å². The molecular formula is C15H15S2. The smallest absolute Gasteiger partial charge is 0.0151 e. The van der Waals surface area contributed by atoms with Crippen molar-refractivity contribution in [2.45, 2.75) is 16.2 Å². The fourth-order valence-electron chi connectivity index (χ4n) is 1.65. The van der Waals surface area contributed by atoms with Gasteiger partial charge in [0.25, 0.3) is 0 Å². The highest BCUT2D eigenvalue weighted by Gasteiger charge is 2.00. The normalized spacial score (nSPS) is 10.4. The molecule has 0 aromatic heterocycles. The Bertz CT molecular complexity index is 451. The molecule has 0 aliphatic heterocycles. The molecule has 0 aliphatic rings. The average Bonchev–Trinajstić information content (AvgIpc) is 2.40. The number of benzene rings is 2. The molecule has 2 heteroatoms. The summed E-state index contributed by atoms with van der Waals surface area (Å²) in [7, 11) is 0. The van der Waals surface area contributed by atoms with Crippen LogP contribution >= 0.6 is 23.5 Å². The number of thioether (sulfide) groups is 2.